The Bertz CT molecular complexity index is 462. The Morgan fingerprint density at radius 3 is 2.68 bits per heavy atom. The van der Waals surface area contributed by atoms with Gasteiger partial charge < -0.3 is 9.64 Å². The molecule has 3 heteroatoms. The minimum absolute atomic E-state index is 0.139. The second kappa shape index (κ2) is 5.24. The van der Waals surface area contributed by atoms with Crippen LogP contribution >= 0.6 is 0 Å². The van der Waals surface area contributed by atoms with Gasteiger partial charge in [0.2, 0.25) is 0 Å². The molecule has 0 spiro atoms. The average Bonchev–Trinajstić information content (AvgIpc) is 2.35. The molecule has 0 N–H and O–H groups in total. The van der Waals surface area contributed by atoms with Crippen molar-refractivity contribution in [3.05, 3.63) is 35.4 Å². The van der Waals surface area contributed by atoms with E-state index in [9.17, 15) is 4.79 Å². The maximum absolute atomic E-state index is 12.2. The SMILES string of the molecule is CN(C(=O)OC(C)(C)C)[C@@H]1CCCc2ccccc21. The maximum atomic E-state index is 12.2. The molecule has 0 radical (unpaired) electrons. The maximum Gasteiger partial charge on any atom is 0.410 e. The van der Waals surface area contributed by atoms with E-state index >= 15 is 0 Å². The summed E-state index contributed by atoms with van der Waals surface area (Å²) in [5.41, 5.74) is 2.18. The first kappa shape index (κ1) is 13.9. The summed E-state index contributed by atoms with van der Waals surface area (Å²) in [5.74, 6) is 0. The quantitative estimate of drug-likeness (QED) is 0.766. The van der Waals surface area contributed by atoms with Gasteiger partial charge in [0.15, 0.2) is 0 Å². The van der Waals surface area contributed by atoms with Crippen LogP contribution in [0.25, 0.3) is 0 Å². The van der Waals surface area contributed by atoms with E-state index in [4.69, 9.17) is 4.74 Å². The molecule has 3 nitrogen and oxygen atoms in total. The lowest BCUT2D eigenvalue weighted by molar-refractivity contribution is 0.0204. The van der Waals surface area contributed by atoms with Gasteiger partial charge in [-0.05, 0) is 51.2 Å². The van der Waals surface area contributed by atoms with Crippen molar-refractivity contribution in [1.29, 1.82) is 0 Å². The summed E-state index contributed by atoms with van der Waals surface area (Å²) in [6.45, 7) is 5.69. The number of fused-ring (bicyclic) bond motifs is 1. The Morgan fingerprint density at radius 1 is 1.32 bits per heavy atom. The Kier molecular flexibility index (Phi) is 3.83. The molecule has 1 atom stereocenters. The highest BCUT2D eigenvalue weighted by Crippen LogP contribution is 2.34. The highest BCUT2D eigenvalue weighted by molar-refractivity contribution is 5.68. The summed E-state index contributed by atoms with van der Waals surface area (Å²) in [6.07, 6.45) is 2.99. The number of carbonyl (C=O) groups excluding carboxylic acids is 1. The van der Waals surface area contributed by atoms with Gasteiger partial charge in [-0.15, -0.1) is 0 Å². The van der Waals surface area contributed by atoms with Gasteiger partial charge in [-0.1, -0.05) is 24.3 Å². The fourth-order valence-corrected chi connectivity index (χ4v) is 2.59. The molecule has 1 aliphatic carbocycles. The third-order valence-corrected chi connectivity index (χ3v) is 3.49. The molecule has 0 aliphatic heterocycles. The van der Waals surface area contributed by atoms with E-state index in [0.29, 0.717) is 0 Å². The van der Waals surface area contributed by atoms with Crippen LogP contribution in [0, 0.1) is 0 Å². The van der Waals surface area contributed by atoms with Gasteiger partial charge in [-0.2, -0.15) is 0 Å². The molecule has 0 saturated heterocycles. The van der Waals surface area contributed by atoms with Gasteiger partial charge in [-0.3, -0.25) is 0 Å². The molecule has 1 aliphatic rings. The number of hydrogen-bond donors (Lipinski definition) is 0. The van der Waals surface area contributed by atoms with Crippen LogP contribution in [0.5, 0.6) is 0 Å². The molecule has 1 aromatic rings. The number of aryl methyl sites for hydroxylation is 1. The third-order valence-electron chi connectivity index (χ3n) is 3.49. The number of nitrogens with zero attached hydrogens (tertiary/aromatic N) is 1. The van der Waals surface area contributed by atoms with Crippen LogP contribution in [0.4, 0.5) is 4.79 Å². The standard InChI is InChI=1S/C16H23NO2/c1-16(2,3)19-15(18)17(4)14-11-7-9-12-8-5-6-10-13(12)14/h5-6,8,10,14H,7,9,11H2,1-4H3/t14-/m1/s1. The lowest BCUT2D eigenvalue weighted by Crippen LogP contribution is -2.37. The van der Waals surface area contributed by atoms with E-state index in [1.165, 1.54) is 11.1 Å². The zero-order chi connectivity index (χ0) is 14.0. The molecule has 104 valence electrons. The highest BCUT2D eigenvalue weighted by Gasteiger charge is 2.29. The van der Waals surface area contributed by atoms with Crippen LogP contribution in [-0.4, -0.2) is 23.6 Å². The molecule has 2 rings (SSSR count). The van der Waals surface area contributed by atoms with Crippen molar-refractivity contribution < 1.29 is 9.53 Å². The van der Waals surface area contributed by atoms with Gasteiger partial charge in [-0.25, -0.2) is 4.79 Å². The second-order valence-electron chi connectivity index (χ2n) is 6.20. The van der Waals surface area contributed by atoms with E-state index in [-0.39, 0.29) is 12.1 Å². The van der Waals surface area contributed by atoms with E-state index < -0.39 is 5.60 Å². The molecule has 0 fully saturated rings. The highest BCUT2D eigenvalue weighted by atomic mass is 16.6. The van der Waals surface area contributed by atoms with Crippen molar-refractivity contribution in [2.45, 2.75) is 51.7 Å². The first-order valence-electron chi connectivity index (χ1n) is 6.92. The normalized spacial score (nSPS) is 18.6. The number of ether oxygens (including phenoxy) is 1. The number of benzene rings is 1. The predicted molar refractivity (Wildman–Crippen MR) is 76.1 cm³/mol. The fraction of sp³-hybridized carbons (Fsp3) is 0.562. The number of hydrogen-bond acceptors (Lipinski definition) is 2. The number of carbonyl (C=O) groups is 1. The van der Waals surface area contributed by atoms with Crippen molar-refractivity contribution in [2.24, 2.45) is 0 Å². The number of amides is 1. The average molecular weight is 261 g/mol. The Labute approximate surface area is 115 Å². The van der Waals surface area contributed by atoms with E-state index in [2.05, 4.69) is 18.2 Å². The van der Waals surface area contributed by atoms with E-state index in [1.54, 1.807) is 4.90 Å². The molecule has 0 unspecified atom stereocenters. The van der Waals surface area contributed by atoms with Crippen molar-refractivity contribution in [1.82, 2.24) is 4.90 Å². The van der Waals surface area contributed by atoms with Gasteiger partial charge in [0.05, 0.1) is 6.04 Å². The van der Waals surface area contributed by atoms with Crippen LogP contribution < -0.4 is 0 Å². The summed E-state index contributed by atoms with van der Waals surface area (Å²) in [4.78, 5) is 13.9. The van der Waals surface area contributed by atoms with Gasteiger partial charge >= 0.3 is 6.09 Å². The largest absolute Gasteiger partial charge is 0.444 e. The van der Waals surface area contributed by atoms with Gasteiger partial charge in [0, 0.05) is 7.05 Å². The minimum Gasteiger partial charge on any atom is -0.444 e. The van der Waals surface area contributed by atoms with E-state index in [0.717, 1.165) is 19.3 Å². The molecule has 1 amide bonds. The lowest BCUT2D eigenvalue weighted by Gasteiger charge is -2.34. The smallest absolute Gasteiger partial charge is 0.410 e. The van der Waals surface area contributed by atoms with Crippen LogP contribution in [0.15, 0.2) is 24.3 Å². The first-order valence-corrected chi connectivity index (χ1v) is 6.92. The molecule has 0 heterocycles. The summed E-state index contributed by atoms with van der Waals surface area (Å²) in [6, 6.07) is 8.53. The van der Waals surface area contributed by atoms with Crippen LogP contribution in [0.2, 0.25) is 0 Å². The van der Waals surface area contributed by atoms with Gasteiger partial charge in [0.1, 0.15) is 5.60 Å². The summed E-state index contributed by atoms with van der Waals surface area (Å²) >= 11 is 0. The third kappa shape index (κ3) is 3.28. The van der Waals surface area contributed by atoms with Crippen LogP contribution in [-0.2, 0) is 11.2 Å². The zero-order valence-corrected chi connectivity index (χ0v) is 12.3. The lowest BCUT2D eigenvalue weighted by atomic mass is 9.87. The Hall–Kier alpha value is -1.51. The molecular formula is C16H23NO2. The van der Waals surface area contributed by atoms with Crippen molar-refractivity contribution >= 4 is 6.09 Å². The second-order valence-corrected chi connectivity index (χ2v) is 6.20. The van der Waals surface area contributed by atoms with E-state index in [1.807, 2.05) is 33.9 Å². The van der Waals surface area contributed by atoms with Crippen molar-refractivity contribution in [2.75, 3.05) is 7.05 Å². The molecule has 0 saturated carbocycles. The summed E-state index contributed by atoms with van der Waals surface area (Å²) in [7, 11) is 1.83. The Balaban J connectivity index is 2.17. The predicted octanol–water partition coefficient (Wildman–Crippen LogP) is 3.93. The molecule has 1 aromatic carbocycles. The van der Waals surface area contributed by atoms with Crippen LogP contribution in [0.3, 0.4) is 0 Å². The molecule has 0 aromatic heterocycles. The van der Waals surface area contributed by atoms with Crippen LogP contribution in [0.1, 0.15) is 50.8 Å². The number of rotatable bonds is 1. The van der Waals surface area contributed by atoms with Crippen molar-refractivity contribution in [3.63, 3.8) is 0 Å². The summed E-state index contributed by atoms with van der Waals surface area (Å²) < 4.78 is 5.45. The Morgan fingerprint density at radius 2 is 2.00 bits per heavy atom. The topological polar surface area (TPSA) is 29.5 Å². The molecule has 0 bridgehead atoms. The summed E-state index contributed by atoms with van der Waals surface area (Å²) in [5, 5.41) is 0. The monoisotopic (exact) mass is 261 g/mol. The van der Waals surface area contributed by atoms with Crippen molar-refractivity contribution in [3.8, 4) is 0 Å². The fourth-order valence-electron chi connectivity index (χ4n) is 2.59. The molecular weight excluding hydrogens is 238 g/mol. The minimum atomic E-state index is -0.445. The molecule has 19 heavy (non-hydrogen) atoms. The first-order chi connectivity index (χ1) is 8.88. The zero-order valence-electron chi connectivity index (χ0n) is 12.3. The van der Waals surface area contributed by atoms with Gasteiger partial charge in [0.25, 0.3) is 0 Å².